The van der Waals surface area contributed by atoms with E-state index in [1.54, 1.807) is 41.5 Å². The first-order valence-electron chi connectivity index (χ1n) is 16.8. The van der Waals surface area contributed by atoms with Gasteiger partial charge in [-0.15, -0.1) is 5.10 Å². The van der Waals surface area contributed by atoms with Crippen molar-refractivity contribution in [3.8, 4) is 0 Å². The highest BCUT2D eigenvalue weighted by Gasteiger charge is 2.68. The number of nitrogens with zero attached hydrogens (tertiary/aromatic N) is 4. The topological polar surface area (TPSA) is 103 Å². The smallest absolute Gasteiger partial charge is 0.435 e. The van der Waals surface area contributed by atoms with Crippen molar-refractivity contribution in [3.05, 3.63) is 125 Å². The van der Waals surface area contributed by atoms with E-state index in [0.717, 1.165) is 27.8 Å². The first-order valence-corrected chi connectivity index (χ1v) is 16.8. The third kappa shape index (κ3) is 5.87. The van der Waals surface area contributed by atoms with Crippen LogP contribution < -0.4 is 4.90 Å². The van der Waals surface area contributed by atoms with Crippen LogP contribution in [-0.2, 0) is 19.7 Å². The molecule has 0 bridgehead atoms. The Bertz CT molecular complexity index is 2150. The lowest BCUT2D eigenvalue weighted by atomic mass is 9.91. The van der Waals surface area contributed by atoms with Gasteiger partial charge in [0.05, 0.1) is 22.3 Å². The van der Waals surface area contributed by atoms with Gasteiger partial charge in [-0.3, -0.25) is 4.79 Å². The Balaban J connectivity index is 1.35. The van der Waals surface area contributed by atoms with Gasteiger partial charge in [0, 0.05) is 22.4 Å². The first kappa shape index (κ1) is 33.0. The van der Waals surface area contributed by atoms with E-state index in [1.165, 1.54) is 9.58 Å². The third-order valence-corrected chi connectivity index (χ3v) is 8.96. The number of ether oxygens (including phenoxy) is 2. The molecule has 2 amide bonds. The van der Waals surface area contributed by atoms with Crippen LogP contribution in [0.3, 0.4) is 0 Å². The highest BCUT2D eigenvalue weighted by atomic mass is 16.6. The highest BCUT2D eigenvalue weighted by molar-refractivity contribution is 6.23. The molecular formula is C41H40N4O5. The van der Waals surface area contributed by atoms with Gasteiger partial charge in [0.1, 0.15) is 11.2 Å². The molecule has 0 saturated heterocycles. The summed E-state index contributed by atoms with van der Waals surface area (Å²) in [4.78, 5) is 47.6. The van der Waals surface area contributed by atoms with Crippen LogP contribution >= 0.6 is 0 Å². The number of hydrogen-bond acceptors (Lipinski definition) is 7. The quantitative estimate of drug-likeness (QED) is 0.177. The standard InChI is InChI=1S/C41H40N4O5/c1-25-18-21-32-30(22-25)41(36(46)44(32)37(47)49-39(2,3)4)24-31(41)28-19-20-29-33(23-28)45(38(48)50-40(5,6)7)43-35(29)42-34(26-14-10-8-11-15-26)27-16-12-9-13-17-27/h8-23,31H,24H2,1-7H3/t31-,41-/m0/s1. The molecule has 4 aromatic carbocycles. The molecule has 1 saturated carbocycles. The maximum atomic E-state index is 14.3. The number of fused-ring (bicyclic) bond motifs is 3. The largest absolute Gasteiger partial charge is 0.443 e. The molecule has 0 radical (unpaired) electrons. The number of amides is 2. The van der Waals surface area contributed by atoms with Gasteiger partial charge in [0.15, 0.2) is 5.82 Å². The number of imide groups is 1. The van der Waals surface area contributed by atoms with Crippen molar-refractivity contribution in [1.29, 1.82) is 0 Å². The summed E-state index contributed by atoms with van der Waals surface area (Å²) in [6.07, 6.45) is -0.824. The fourth-order valence-electron chi connectivity index (χ4n) is 6.77. The van der Waals surface area contributed by atoms with Gasteiger partial charge in [-0.1, -0.05) is 84.4 Å². The van der Waals surface area contributed by atoms with Crippen LogP contribution in [0.15, 0.2) is 102 Å². The average molecular weight is 669 g/mol. The zero-order valence-electron chi connectivity index (χ0n) is 29.4. The minimum Gasteiger partial charge on any atom is -0.443 e. The van der Waals surface area contributed by atoms with E-state index < -0.39 is 28.8 Å². The Morgan fingerprint density at radius 3 is 2.00 bits per heavy atom. The molecule has 2 heterocycles. The molecule has 1 aliphatic carbocycles. The minimum atomic E-state index is -0.933. The Morgan fingerprint density at radius 2 is 1.40 bits per heavy atom. The maximum Gasteiger partial charge on any atom is 0.435 e. The number of carbonyl (C=O) groups excluding carboxylic acids is 3. The molecule has 1 aliphatic heterocycles. The van der Waals surface area contributed by atoms with Gasteiger partial charge in [0.2, 0.25) is 5.91 Å². The van der Waals surface area contributed by atoms with Crippen LogP contribution in [0.4, 0.5) is 21.1 Å². The Labute approximate surface area is 291 Å². The summed E-state index contributed by atoms with van der Waals surface area (Å²) in [6.45, 7) is 12.7. The molecule has 9 nitrogen and oxygen atoms in total. The lowest BCUT2D eigenvalue weighted by Crippen LogP contribution is -2.41. The second-order valence-corrected chi connectivity index (χ2v) is 15.1. The van der Waals surface area contributed by atoms with Crippen LogP contribution in [0, 0.1) is 6.92 Å². The van der Waals surface area contributed by atoms with Crippen molar-refractivity contribution >= 4 is 46.2 Å². The predicted molar refractivity (Wildman–Crippen MR) is 193 cm³/mol. The fraction of sp³-hybridized carbons (Fsp3) is 0.293. The first-order chi connectivity index (χ1) is 23.7. The Kier molecular flexibility index (Phi) is 7.77. The number of anilines is 1. The van der Waals surface area contributed by atoms with Crippen molar-refractivity contribution < 1.29 is 23.9 Å². The number of benzene rings is 4. The average Bonchev–Trinajstić information content (AvgIpc) is 3.64. The van der Waals surface area contributed by atoms with E-state index in [0.29, 0.717) is 34.5 Å². The predicted octanol–water partition coefficient (Wildman–Crippen LogP) is 9.00. The van der Waals surface area contributed by atoms with Crippen molar-refractivity contribution in [2.24, 2.45) is 4.99 Å². The van der Waals surface area contributed by atoms with E-state index in [4.69, 9.17) is 19.6 Å². The van der Waals surface area contributed by atoms with Gasteiger partial charge >= 0.3 is 12.2 Å². The van der Waals surface area contributed by atoms with Gasteiger partial charge in [0.25, 0.3) is 0 Å². The molecule has 0 unspecified atom stereocenters. The van der Waals surface area contributed by atoms with Crippen LogP contribution in [-0.4, -0.2) is 44.8 Å². The monoisotopic (exact) mass is 668 g/mol. The van der Waals surface area contributed by atoms with E-state index in [-0.39, 0.29) is 11.8 Å². The lowest BCUT2D eigenvalue weighted by Gasteiger charge is -2.24. The summed E-state index contributed by atoms with van der Waals surface area (Å²) in [5.41, 5.74) is 3.73. The van der Waals surface area contributed by atoms with Gasteiger partial charge in [-0.05, 0) is 84.2 Å². The van der Waals surface area contributed by atoms with E-state index in [2.05, 4.69) is 0 Å². The summed E-state index contributed by atoms with van der Waals surface area (Å²) in [5, 5.41) is 5.38. The van der Waals surface area contributed by atoms with Gasteiger partial charge < -0.3 is 9.47 Å². The summed E-state index contributed by atoms with van der Waals surface area (Å²) in [6, 6.07) is 31.1. The molecule has 2 aliphatic rings. The molecule has 1 spiro atoms. The van der Waals surface area contributed by atoms with Crippen LogP contribution in [0.2, 0.25) is 0 Å². The number of aliphatic imine (C=N–C) groups is 1. The molecule has 0 N–H and O–H groups in total. The summed E-state index contributed by atoms with van der Waals surface area (Å²) in [7, 11) is 0. The molecule has 5 aromatic rings. The highest BCUT2D eigenvalue weighted by Crippen LogP contribution is 2.66. The number of carbonyl (C=O) groups is 3. The molecular weight excluding hydrogens is 628 g/mol. The second kappa shape index (κ2) is 11.8. The molecule has 2 atom stereocenters. The molecule has 254 valence electrons. The number of hydrogen-bond donors (Lipinski definition) is 0. The Morgan fingerprint density at radius 1 is 0.800 bits per heavy atom. The van der Waals surface area contributed by atoms with Gasteiger partial charge in [-0.25, -0.2) is 19.5 Å². The summed E-state index contributed by atoms with van der Waals surface area (Å²) < 4.78 is 12.7. The molecule has 1 aromatic heterocycles. The number of aryl methyl sites for hydroxylation is 1. The second-order valence-electron chi connectivity index (χ2n) is 15.1. The molecule has 9 heteroatoms. The Hall–Kier alpha value is -5.57. The van der Waals surface area contributed by atoms with Crippen LogP contribution in [0.1, 0.15) is 81.7 Å². The number of aromatic nitrogens is 2. The number of rotatable bonds is 4. The summed E-state index contributed by atoms with van der Waals surface area (Å²) in [5.74, 6) is -0.191. The summed E-state index contributed by atoms with van der Waals surface area (Å²) >= 11 is 0. The zero-order chi connectivity index (χ0) is 35.6. The van der Waals surface area contributed by atoms with Crippen molar-refractivity contribution in [2.45, 2.75) is 77.4 Å². The van der Waals surface area contributed by atoms with E-state index in [1.807, 2.05) is 104 Å². The normalized spacial score (nSPS) is 18.3. The SMILES string of the molecule is Cc1ccc2c(c1)[C@]1(C[C@H]1c1ccc3c(N=C(c4ccccc4)c4ccccc4)nn(C(=O)OC(C)(C)C)c3c1)C(=O)N2C(=O)OC(C)(C)C. The van der Waals surface area contributed by atoms with E-state index >= 15 is 0 Å². The molecule has 7 rings (SSSR count). The minimum absolute atomic E-state index is 0.245. The van der Waals surface area contributed by atoms with Gasteiger partial charge in [-0.2, -0.15) is 4.68 Å². The van der Waals surface area contributed by atoms with Crippen molar-refractivity contribution in [1.82, 2.24) is 9.78 Å². The lowest BCUT2D eigenvalue weighted by molar-refractivity contribution is -0.120. The maximum absolute atomic E-state index is 14.3. The van der Waals surface area contributed by atoms with Crippen LogP contribution in [0.5, 0.6) is 0 Å². The third-order valence-electron chi connectivity index (χ3n) is 8.96. The van der Waals surface area contributed by atoms with Crippen molar-refractivity contribution in [2.75, 3.05) is 4.90 Å². The van der Waals surface area contributed by atoms with Crippen molar-refractivity contribution in [3.63, 3.8) is 0 Å². The molecule has 50 heavy (non-hydrogen) atoms. The zero-order valence-corrected chi connectivity index (χ0v) is 29.4. The van der Waals surface area contributed by atoms with Crippen LogP contribution in [0.25, 0.3) is 10.9 Å². The molecule has 1 fully saturated rings. The van der Waals surface area contributed by atoms with E-state index in [9.17, 15) is 14.4 Å². The fourth-order valence-corrected chi connectivity index (χ4v) is 6.77.